The largest absolute Gasteiger partial charge is 0.331 e. The summed E-state index contributed by atoms with van der Waals surface area (Å²) in [5.74, 6) is 1.24. The van der Waals surface area contributed by atoms with Crippen LogP contribution >= 0.6 is 0 Å². The average molecular weight is 326 g/mol. The molecular weight excluding hydrogens is 306 g/mol. The monoisotopic (exact) mass is 326 g/mol. The summed E-state index contributed by atoms with van der Waals surface area (Å²) in [7, 11) is 0. The van der Waals surface area contributed by atoms with Crippen molar-refractivity contribution in [3.63, 3.8) is 0 Å². The Morgan fingerprint density at radius 3 is 2.20 bits per heavy atom. The molecule has 2 aliphatic rings. The van der Waals surface area contributed by atoms with E-state index >= 15 is 0 Å². The summed E-state index contributed by atoms with van der Waals surface area (Å²) in [6, 6.07) is 20.5. The zero-order chi connectivity index (χ0) is 17.1. The van der Waals surface area contributed by atoms with Crippen LogP contribution in [0.15, 0.2) is 66.7 Å². The summed E-state index contributed by atoms with van der Waals surface area (Å²) in [6.45, 7) is 0.653. The Morgan fingerprint density at radius 2 is 1.52 bits per heavy atom. The number of β-lactam (4-membered cyclic amide) rings is 1. The van der Waals surface area contributed by atoms with Gasteiger partial charge in [0.15, 0.2) is 0 Å². The third-order valence-corrected chi connectivity index (χ3v) is 4.78. The topological polar surface area (TPSA) is 20.3 Å². The Kier molecular flexibility index (Phi) is 4.69. The maximum Gasteiger partial charge on any atom is 0.229 e. The summed E-state index contributed by atoms with van der Waals surface area (Å²) < 4.78 is 0. The number of carbonyl (C=O) groups excluding carboxylic acids is 1. The van der Waals surface area contributed by atoms with Crippen LogP contribution in [0, 0.1) is 37.5 Å². The zero-order valence-electron chi connectivity index (χ0n) is 14.0. The lowest BCUT2D eigenvalue weighted by molar-refractivity contribution is -0.152. The van der Waals surface area contributed by atoms with E-state index in [0.717, 1.165) is 17.0 Å². The highest BCUT2D eigenvalue weighted by Crippen LogP contribution is 2.42. The Hall–Kier alpha value is -2.35. The first-order valence-corrected chi connectivity index (χ1v) is 8.62. The van der Waals surface area contributed by atoms with Gasteiger partial charge in [-0.15, -0.1) is 0 Å². The third kappa shape index (κ3) is 3.39. The highest BCUT2D eigenvalue weighted by Gasteiger charge is 2.50. The number of benzene rings is 2. The lowest BCUT2D eigenvalue weighted by Crippen LogP contribution is -2.61. The lowest BCUT2D eigenvalue weighted by atomic mass is 9.76. The van der Waals surface area contributed by atoms with Gasteiger partial charge in [0.2, 0.25) is 5.91 Å². The minimum absolute atomic E-state index is 0.0707. The molecule has 2 heteroatoms. The molecule has 0 spiro atoms. The molecular formula is C23H20NO. The van der Waals surface area contributed by atoms with Gasteiger partial charge in [0, 0.05) is 6.54 Å². The highest BCUT2D eigenvalue weighted by atomic mass is 16.2. The molecule has 0 aromatic heterocycles. The lowest BCUT2D eigenvalue weighted by Gasteiger charge is -2.48. The fraction of sp³-hybridized carbons (Fsp3) is 0.130. The number of likely N-dealkylation sites (tertiary alicyclic amines) is 1. The molecule has 4 rings (SSSR count). The second-order valence-corrected chi connectivity index (χ2v) is 6.41. The smallest absolute Gasteiger partial charge is 0.229 e. The van der Waals surface area contributed by atoms with Gasteiger partial charge >= 0.3 is 0 Å². The van der Waals surface area contributed by atoms with Crippen LogP contribution in [0.1, 0.15) is 11.1 Å². The van der Waals surface area contributed by atoms with Crippen molar-refractivity contribution in [2.24, 2.45) is 5.92 Å². The maximum atomic E-state index is 12.8. The molecule has 1 saturated carbocycles. The number of hydrogen-bond donors (Lipinski definition) is 0. The minimum Gasteiger partial charge on any atom is -0.331 e. The van der Waals surface area contributed by atoms with Gasteiger partial charge in [-0.25, -0.2) is 0 Å². The molecule has 1 saturated heterocycles. The van der Waals surface area contributed by atoms with E-state index in [1.54, 1.807) is 0 Å². The quantitative estimate of drug-likeness (QED) is 0.757. The van der Waals surface area contributed by atoms with Gasteiger partial charge in [-0.2, -0.15) is 0 Å². The number of amides is 1. The average Bonchev–Trinajstić information content (AvgIpc) is 3.18. The molecule has 1 heterocycles. The van der Waals surface area contributed by atoms with E-state index in [-0.39, 0.29) is 17.9 Å². The van der Waals surface area contributed by atoms with Gasteiger partial charge < -0.3 is 4.90 Å². The van der Waals surface area contributed by atoms with Gasteiger partial charge in [-0.1, -0.05) is 72.8 Å². The van der Waals surface area contributed by atoms with Crippen LogP contribution in [0.4, 0.5) is 0 Å². The first-order valence-electron chi connectivity index (χ1n) is 8.62. The van der Waals surface area contributed by atoms with Crippen molar-refractivity contribution in [3.05, 3.63) is 109 Å². The number of carbonyl (C=O) groups is 1. The van der Waals surface area contributed by atoms with E-state index in [4.69, 9.17) is 0 Å². The van der Waals surface area contributed by atoms with Gasteiger partial charge in [0.05, 0.1) is 12.0 Å². The molecule has 5 radical (unpaired) electrons. The van der Waals surface area contributed by atoms with Crippen molar-refractivity contribution < 1.29 is 4.79 Å². The third-order valence-electron chi connectivity index (χ3n) is 4.78. The molecule has 0 unspecified atom stereocenters. The van der Waals surface area contributed by atoms with E-state index in [2.05, 4.69) is 36.4 Å². The van der Waals surface area contributed by atoms with E-state index in [9.17, 15) is 4.79 Å². The molecule has 2 fully saturated rings. The molecule has 1 amide bonds. The molecule has 1 aliphatic heterocycles. The first-order chi connectivity index (χ1) is 12.3. The Balaban J connectivity index is 1.54. The van der Waals surface area contributed by atoms with Gasteiger partial charge in [-0.05, 0) is 42.7 Å². The summed E-state index contributed by atoms with van der Waals surface area (Å²) >= 11 is 0. The normalized spacial score (nSPS) is 24.0. The summed E-state index contributed by atoms with van der Waals surface area (Å²) in [5, 5.41) is 0. The van der Waals surface area contributed by atoms with E-state index in [1.165, 1.54) is 0 Å². The molecule has 1 aliphatic carbocycles. The molecule has 25 heavy (non-hydrogen) atoms. The van der Waals surface area contributed by atoms with E-state index in [1.807, 2.05) is 67.0 Å². The predicted molar refractivity (Wildman–Crippen MR) is 100 cm³/mol. The van der Waals surface area contributed by atoms with Gasteiger partial charge in [0.25, 0.3) is 0 Å². The van der Waals surface area contributed by atoms with Crippen molar-refractivity contribution in [3.8, 4) is 0 Å². The minimum atomic E-state index is -0.0707. The maximum absolute atomic E-state index is 12.8. The Bertz CT molecular complexity index is 731. The first kappa shape index (κ1) is 16.1. The predicted octanol–water partition coefficient (Wildman–Crippen LogP) is 4.13. The van der Waals surface area contributed by atoms with Crippen molar-refractivity contribution in [1.82, 2.24) is 4.90 Å². The Labute approximate surface area is 150 Å². The van der Waals surface area contributed by atoms with Crippen LogP contribution < -0.4 is 0 Å². The van der Waals surface area contributed by atoms with Gasteiger partial charge in [0.1, 0.15) is 0 Å². The van der Waals surface area contributed by atoms with Crippen LogP contribution in [-0.2, 0) is 11.3 Å². The standard InChI is InChI=1S/C23H20NO/c25-23-22(20-13-7-8-14-20)21(16-15-18-9-3-1-4-10-18)24(23)17-19-11-5-2-6-12-19/h1-16,21-22H,17H2/b16-15+/t21-,22+/m0/s1. The van der Waals surface area contributed by atoms with Crippen molar-refractivity contribution in [2.45, 2.75) is 12.6 Å². The van der Waals surface area contributed by atoms with E-state index < -0.39 is 0 Å². The molecule has 2 nitrogen and oxygen atoms in total. The highest BCUT2D eigenvalue weighted by molar-refractivity contribution is 5.90. The number of nitrogens with zero attached hydrogens (tertiary/aromatic N) is 1. The summed E-state index contributed by atoms with van der Waals surface area (Å²) in [4.78, 5) is 14.7. The zero-order valence-corrected chi connectivity index (χ0v) is 14.0. The SMILES string of the molecule is O=C1[C@H]([C]2[CH][CH][CH][CH]2)[C@H](/C=C/c2ccccc2)N1Cc1ccccc1. The van der Waals surface area contributed by atoms with Crippen LogP contribution in [0.3, 0.4) is 0 Å². The number of hydrogen-bond acceptors (Lipinski definition) is 1. The molecule has 2 aromatic carbocycles. The fourth-order valence-electron chi connectivity index (χ4n) is 3.46. The molecule has 2 atom stereocenters. The molecule has 0 N–H and O–H groups in total. The second-order valence-electron chi connectivity index (χ2n) is 6.41. The van der Waals surface area contributed by atoms with Crippen LogP contribution in [0.5, 0.6) is 0 Å². The van der Waals surface area contributed by atoms with Gasteiger partial charge in [-0.3, -0.25) is 4.79 Å². The van der Waals surface area contributed by atoms with Crippen molar-refractivity contribution >= 4 is 12.0 Å². The van der Waals surface area contributed by atoms with Crippen LogP contribution in [0.2, 0.25) is 0 Å². The summed E-state index contributed by atoms with van der Waals surface area (Å²) in [6.07, 6.45) is 12.4. The van der Waals surface area contributed by atoms with Crippen molar-refractivity contribution in [2.75, 3.05) is 0 Å². The van der Waals surface area contributed by atoms with Crippen LogP contribution in [-0.4, -0.2) is 16.8 Å². The second kappa shape index (κ2) is 7.26. The number of rotatable bonds is 5. The van der Waals surface area contributed by atoms with Crippen LogP contribution in [0.25, 0.3) is 6.08 Å². The molecule has 0 bridgehead atoms. The summed E-state index contributed by atoms with van der Waals surface area (Å²) in [5.41, 5.74) is 2.32. The molecule has 123 valence electrons. The molecule has 2 aromatic rings. The fourth-order valence-corrected chi connectivity index (χ4v) is 3.46. The van der Waals surface area contributed by atoms with Crippen molar-refractivity contribution in [1.29, 1.82) is 0 Å². The Morgan fingerprint density at radius 1 is 0.880 bits per heavy atom. The van der Waals surface area contributed by atoms with E-state index in [0.29, 0.717) is 6.54 Å².